The molecule has 0 unspecified atom stereocenters. The van der Waals surface area contributed by atoms with Crippen molar-refractivity contribution in [3.05, 3.63) is 0 Å². The van der Waals surface area contributed by atoms with Gasteiger partial charge in [0.1, 0.15) is 5.78 Å². The van der Waals surface area contributed by atoms with Gasteiger partial charge >= 0.3 is 0 Å². The molecule has 0 radical (unpaired) electrons. The number of hydrogen-bond donors (Lipinski definition) is 0. The molecule has 0 aliphatic heterocycles. The largest absolute Gasteiger partial charge is 0.541 e. The SMILES string of the molecule is CC(=O)C[C-]=O.[Ni]. The molecule has 7 heavy (non-hydrogen) atoms. The van der Waals surface area contributed by atoms with Crippen LogP contribution in [0.3, 0.4) is 0 Å². The minimum Gasteiger partial charge on any atom is -0.541 e. The van der Waals surface area contributed by atoms with Crippen molar-refractivity contribution in [3.8, 4) is 0 Å². The van der Waals surface area contributed by atoms with Crippen LogP contribution in [-0.2, 0) is 26.1 Å². The van der Waals surface area contributed by atoms with Crippen LogP contribution in [0.15, 0.2) is 0 Å². The van der Waals surface area contributed by atoms with E-state index in [1.807, 2.05) is 0 Å². The molecule has 3 heteroatoms. The monoisotopic (exact) mass is 143 g/mol. The van der Waals surface area contributed by atoms with Crippen molar-refractivity contribution < 1.29 is 26.1 Å². The Hall–Kier alpha value is -0.166. The van der Waals surface area contributed by atoms with Crippen LogP contribution in [0.25, 0.3) is 0 Å². The molecular weight excluding hydrogens is 139 g/mol. The summed E-state index contributed by atoms with van der Waals surface area (Å²) in [6, 6.07) is 0. The second-order valence-electron chi connectivity index (χ2n) is 1.02. The van der Waals surface area contributed by atoms with Gasteiger partial charge in [0.25, 0.3) is 0 Å². The molecule has 0 aromatic rings. The molecule has 0 N–H and O–H groups in total. The molecule has 0 fully saturated rings. The average molecular weight is 144 g/mol. The van der Waals surface area contributed by atoms with Gasteiger partial charge in [-0.2, -0.15) is 0 Å². The van der Waals surface area contributed by atoms with E-state index in [9.17, 15) is 9.59 Å². The van der Waals surface area contributed by atoms with Crippen molar-refractivity contribution in [2.24, 2.45) is 0 Å². The Bertz CT molecular complexity index is 70.1. The van der Waals surface area contributed by atoms with Gasteiger partial charge in [-0.25, -0.2) is 0 Å². The van der Waals surface area contributed by atoms with Gasteiger partial charge in [-0.05, 0) is 6.92 Å². The summed E-state index contributed by atoms with van der Waals surface area (Å²) in [5.41, 5.74) is 0. The summed E-state index contributed by atoms with van der Waals surface area (Å²) in [6.45, 7) is 1.35. The molecule has 0 atom stereocenters. The van der Waals surface area contributed by atoms with Crippen LogP contribution in [0.1, 0.15) is 13.3 Å². The predicted octanol–water partition coefficient (Wildman–Crippen LogP) is 0.0727. The zero-order valence-electron chi connectivity index (χ0n) is 3.84. The van der Waals surface area contributed by atoms with Gasteiger partial charge < -0.3 is 9.59 Å². The fraction of sp³-hybridized carbons (Fsp3) is 0.500. The summed E-state index contributed by atoms with van der Waals surface area (Å²) < 4.78 is 0. The summed E-state index contributed by atoms with van der Waals surface area (Å²) >= 11 is 0. The molecule has 0 aromatic carbocycles. The van der Waals surface area contributed by atoms with Crippen molar-refractivity contribution in [3.63, 3.8) is 0 Å². The summed E-state index contributed by atoms with van der Waals surface area (Å²) in [7, 11) is 0. The Labute approximate surface area is 52.2 Å². The predicted molar refractivity (Wildman–Crippen MR) is 21.0 cm³/mol. The van der Waals surface area contributed by atoms with Crippen molar-refractivity contribution >= 4 is 12.1 Å². The number of ketones is 1. The molecule has 0 heterocycles. The third-order valence-corrected chi connectivity index (χ3v) is 0.321. The molecule has 2 nitrogen and oxygen atoms in total. The maximum absolute atomic E-state index is 9.78. The van der Waals surface area contributed by atoms with E-state index in [0.717, 1.165) is 0 Å². The Balaban J connectivity index is 0. The van der Waals surface area contributed by atoms with Gasteiger partial charge in [0, 0.05) is 16.5 Å². The van der Waals surface area contributed by atoms with E-state index in [2.05, 4.69) is 0 Å². The maximum Gasteiger partial charge on any atom is 0.103 e. The van der Waals surface area contributed by atoms with Crippen molar-refractivity contribution in [2.75, 3.05) is 0 Å². The van der Waals surface area contributed by atoms with E-state index < -0.39 is 0 Å². The van der Waals surface area contributed by atoms with E-state index in [-0.39, 0.29) is 28.7 Å². The van der Waals surface area contributed by atoms with Gasteiger partial charge in [0.2, 0.25) is 0 Å². The van der Waals surface area contributed by atoms with E-state index in [1.165, 1.54) is 13.2 Å². The fourth-order valence-electron chi connectivity index (χ4n) is 0.102. The molecule has 0 aliphatic rings. The quantitative estimate of drug-likeness (QED) is 0.312. The van der Waals surface area contributed by atoms with Crippen LogP contribution in [0.4, 0.5) is 0 Å². The molecule has 0 amide bonds. The topological polar surface area (TPSA) is 34.1 Å². The van der Waals surface area contributed by atoms with Crippen LogP contribution < -0.4 is 0 Å². The molecule has 0 aromatic heterocycles. The van der Waals surface area contributed by atoms with Gasteiger partial charge in [0.05, 0.1) is 0 Å². The fourth-order valence-corrected chi connectivity index (χ4v) is 0.102. The summed E-state index contributed by atoms with van der Waals surface area (Å²) in [4.78, 5) is 19.1. The van der Waals surface area contributed by atoms with Crippen LogP contribution in [-0.4, -0.2) is 12.1 Å². The third kappa shape index (κ3) is 10.7. The third-order valence-electron chi connectivity index (χ3n) is 0.321. The first-order chi connectivity index (χ1) is 2.77. The van der Waals surface area contributed by atoms with Gasteiger partial charge in [-0.15, -0.1) is 0 Å². The Kier molecular flexibility index (Phi) is 8.29. The first-order valence-electron chi connectivity index (χ1n) is 1.62. The summed E-state index contributed by atoms with van der Waals surface area (Å²) in [6.07, 6.45) is 1.40. The number of Topliss-reactive ketones (excluding diaryl/α,β-unsaturated/α-hetero) is 1. The van der Waals surface area contributed by atoms with Crippen LogP contribution in [0.2, 0.25) is 0 Å². The number of carbonyl (C=O) groups excluding carboxylic acids is 2. The minimum absolute atomic E-state index is 0. The van der Waals surface area contributed by atoms with E-state index in [4.69, 9.17) is 0 Å². The summed E-state index contributed by atoms with van der Waals surface area (Å²) in [5, 5.41) is 0. The molecule has 0 rings (SSSR count). The van der Waals surface area contributed by atoms with E-state index in [0.29, 0.717) is 0 Å². The zero-order valence-corrected chi connectivity index (χ0v) is 4.83. The number of rotatable bonds is 2. The smallest absolute Gasteiger partial charge is 0.103 e. The van der Waals surface area contributed by atoms with Crippen LogP contribution in [0.5, 0.6) is 0 Å². The second-order valence-corrected chi connectivity index (χ2v) is 1.02. The van der Waals surface area contributed by atoms with E-state index >= 15 is 0 Å². The zero-order chi connectivity index (χ0) is 4.99. The normalized spacial score (nSPS) is 6.43. The standard InChI is InChI=1S/C4H5O2.Ni/c1-4(6)2-3-5;/h2H2,1H3;/q-1;. The van der Waals surface area contributed by atoms with Crippen LogP contribution in [0, 0.1) is 0 Å². The van der Waals surface area contributed by atoms with Crippen LogP contribution >= 0.6 is 0 Å². The first-order valence-corrected chi connectivity index (χ1v) is 1.62. The Morgan fingerprint density at radius 3 is 2.14 bits per heavy atom. The molecular formula is C4H5NiO2-. The van der Waals surface area contributed by atoms with Crippen molar-refractivity contribution in [1.29, 1.82) is 0 Å². The molecule has 44 valence electrons. The van der Waals surface area contributed by atoms with Crippen molar-refractivity contribution in [1.82, 2.24) is 0 Å². The summed E-state index contributed by atoms with van der Waals surface area (Å²) in [5.74, 6) is -0.134. The Morgan fingerprint density at radius 2 is 2.14 bits per heavy atom. The second kappa shape index (κ2) is 5.83. The molecule has 0 aliphatic carbocycles. The molecule has 0 bridgehead atoms. The van der Waals surface area contributed by atoms with Gasteiger partial charge in [-0.3, -0.25) is 6.29 Å². The number of hydrogen-bond acceptors (Lipinski definition) is 2. The molecule has 0 spiro atoms. The molecule has 0 saturated carbocycles. The van der Waals surface area contributed by atoms with Crippen molar-refractivity contribution in [2.45, 2.75) is 13.3 Å². The van der Waals surface area contributed by atoms with Gasteiger partial charge in [-0.1, -0.05) is 6.42 Å². The minimum atomic E-state index is -0.134. The number of carbonyl (C=O) groups is 1. The Morgan fingerprint density at radius 1 is 1.71 bits per heavy atom. The molecule has 0 saturated heterocycles. The van der Waals surface area contributed by atoms with Gasteiger partial charge in [0.15, 0.2) is 0 Å². The first kappa shape index (κ1) is 9.95. The van der Waals surface area contributed by atoms with E-state index in [1.54, 1.807) is 0 Å². The maximum atomic E-state index is 9.78. The average Bonchev–Trinajstić information content (AvgIpc) is 1.35.